The number of hydrogen-bond acceptors (Lipinski definition) is 3. The number of rotatable bonds is 5. The quantitative estimate of drug-likeness (QED) is 0.821. The lowest BCUT2D eigenvalue weighted by Crippen LogP contribution is -2.36. The van der Waals surface area contributed by atoms with Crippen molar-refractivity contribution in [1.29, 1.82) is 0 Å². The van der Waals surface area contributed by atoms with Crippen molar-refractivity contribution in [2.45, 2.75) is 12.8 Å². The minimum absolute atomic E-state index is 0.0158. The van der Waals surface area contributed by atoms with Gasteiger partial charge in [-0.2, -0.15) is 0 Å². The van der Waals surface area contributed by atoms with Crippen molar-refractivity contribution in [1.82, 2.24) is 0 Å². The van der Waals surface area contributed by atoms with Crippen LogP contribution in [0.25, 0.3) is 0 Å². The summed E-state index contributed by atoms with van der Waals surface area (Å²) in [6.45, 7) is 0.621. The maximum Gasteiger partial charge on any atom is 0.232 e. The van der Waals surface area contributed by atoms with E-state index in [2.05, 4.69) is 0 Å². The second-order valence-corrected chi connectivity index (χ2v) is 7.89. The highest BCUT2D eigenvalue weighted by Gasteiger charge is 2.26. The van der Waals surface area contributed by atoms with Crippen LogP contribution in [0.15, 0.2) is 48.5 Å². The molecule has 0 atom stereocenters. The Morgan fingerprint density at radius 1 is 1.16 bits per heavy atom. The molecule has 1 aliphatic rings. The van der Waals surface area contributed by atoms with Crippen LogP contribution < -0.4 is 9.21 Å². The Morgan fingerprint density at radius 3 is 2.52 bits per heavy atom. The summed E-state index contributed by atoms with van der Waals surface area (Å²) >= 11 is 0. The number of anilines is 2. The largest absolute Gasteiger partial charge is 0.312 e. The summed E-state index contributed by atoms with van der Waals surface area (Å²) in [6, 6.07) is 12.9. The third-order valence-corrected chi connectivity index (χ3v) is 5.43. The molecule has 0 radical (unpaired) electrons. The average molecular weight is 362 g/mol. The highest BCUT2D eigenvalue weighted by molar-refractivity contribution is 7.92. The fourth-order valence-corrected chi connectivity index (χ4v) is 3.95. The van der Waals surface area contributed by atoms with Gasteiger partial charge >= 0.3 is 0 Å². The van der Waals surface area contributed by atoms with Crippen molar-refractivity contribution in [2.75, 3.05) is 28.6 Å². The van der Waals surface area contributed by atoms with Crippen molar-refractivity contribution in [3.8, 4) is 0 Å². The maximum atomic E-state index is 13.1. The normalized spacial score (nSPS) is 13.6. The molecule has 1 aliphatic heterocycles. The Kier molecular flexibility index (Phi) is 4.76. The predicted molar refractivity (Wildman–Crippen MR) is 95.7 cm³/mol. The van der Waals surface area contributed by atoms with Gasteiger partial charge in [-0.25, -0.2) is 12.8 Å². The molecule has 0 spiro atoms. The summed E-state index contributed by atoms with van der Waals surface area (Å²) in [5.74, 6) is -0.567. The fourth-order valence-electron chi connectivity index (χ4n) is 3.02. The van der Waals surface area contributed by atoms with Gasteiger partial charge in [-0.3, -0.25) is 9.10 Å². The molecule has 0 N–H and O–H groups in total. The van der Waals surface area contributed by atoms with E-state index in [0.29, 0.717) is 12.2 Å². The summed E-state index contributed by atoms with van der Waals surface area (Å²) in [7, 11) is -3.57. The molecule has 5 nitrogen and oxygen atoms in total. The zero-order chi connectivity index (χ0) is 18.0. The second kappa shape index (κ2) is 6.84. The molecule has 2 aromatic carbocycles. The molecule has 25 heavy (non-hydrogen) atoms. The monoisotopic (exact) mass is 362 g/mol. The molecule has 0 saturated heterocycles. The number of carbonyl (C=O) groups is 1. The van der Waals surface area contributed by atoms with Gasteiger partial charge in [-0.15, -0.1) is 0 Å². The SMILES string of the molecule is CS(=O)(=O)N(CCC(=O)N1CCc2ccccc21)c1ccc(F)cc1. The second-order valence-electron chi connectivity index (χ2n) is 5.99. The lowest BCUT2D eigenvalue weighted by atomic mass is 10.2. The number of nitrogens with zero attached hydrogens (tertiary/aromatic N) is 2. The molecule has 1 heterocycles. The average Bonchev–Trinajstić information content (AvgIpc) is 2.99. The number of benzene rings is 2. The standard InChI is InChI=1S/C18H19FN2O3S/c1-25(23,24)21(16-8-6-15(19)7-9-16)13-11-18(22)20-12-10-14-4-2-3-5-17(14)20/h2-9H,10-13H2,1H3. The molecular weight excluding hydrogens is 343 g/mol. The van der Waals surface area contributed by atoms with Crippen molar-refractivity contribution in [2.24, 2.45) is 0 Å². The number of sulfonamides is 1. The van der Waals surface area contributed by atoms with Gasteiger partial charge in [-0.1, -0.05) is 18.2 Å². The highest BCUT2D eigenvalue weighted by Crippen LogP contribution is 2.28. The number of fused-ring (bicyclic) bond motifs is 1. The van der Waals surface area contributed by atoms with Crippen LogP contribution in [-0.2, 0) is 21.2 Å². The van der Waals surface area contributed by atoms with Gasteiger partial charge in [0.05, 0.1) is 11.9 Å². The smallest absolute Gasteiger partial charge is 0.232 e. The van der Waals surface area contributed by atoms with E-state index in [-0.39, 0.29) is 18.9 Å². The summed E-state index contributed by atoms with van der Waals surface area (Å²) in [5.41, 5.74) is 2.35. The first-order valence-electron chi connectivity index (χ1n) is 7.98. The van der Waals surface area contributed by atoms with Crippen LogP contribution in [0, 0.1) is 5.82 Å². The summed E-state index contributed by atoms with van der Waals surface area (Å²) in [5, 5.41) is 0. The third-order valence-electron chi connectivity index (χ3n) is 4.23. The Balaban J connectivity index is 1.74. The van der Waals surface area contributed by atoms with Gasteiger partial charge in [0.2, 0.25) is 15.9 Å². The van der Waals surface area contributed by atoms with Gasteiger partial charge in [0, 0.05) is 25.2 Å². The van der Waals surface area contributed by atoms with Gasteiger partial charge in [0.25, 0.3) is 0 Å². The van der Waals surface area contributed by atoms with Gasteiger partial charge in [0.1, 0.15) is 5.82 Å². The molecule has 3 rings (SSSR count). The molecule has 0 fully saturated rings. The van der Waals surface area contributed by atoms with E-state index in [0.717, 1.165) is 28.2 Å². The topological polar surface area (TPSA) is 57.7 Å². The number of para-hydroxylation sites is 1. The Labute approximate surface area is 146 Å². The first-order chi connectivity index (χ1) is 11.9. The highest BCUT2D eigenvalue weighted by atomic mass is 32.2. The van der Waals surface area contributed by atoms with Gasteiger partial charge in [-0.05, 0) is 42.3 Å². The molecule has 0 aliphatic carbocycles. The number of amides is 1. The molecular formula is C18H19FN2O3S. The molecule has 1 amide bonds. The van der Waals surface area contributed by atoms with Crippen LogP contribution >= 0.6 is 0 Å². The Morgan fingerprint density at radius 2 is 1.84 bits per heavy atom. The Bertz CT molecular complexity index is 881. The van der Waals surface area contributed by atoms with E-state index >= 15 is 0 Å². The summed E-state index contributed by atoms with van der Waals surface area (Å²) < 4.78 is 38.3. The molecule has 2 aromatic rings. The van der Waals surface area contributed by atoms with Crippen molar-refractivity contribution < 1.29 is 17.6 Å². The van der Waals surface area contributed by atoms with E-state index in [1.165, 1.54) is 24.3 Å². The van der Waals surface area contributed by atoms with Gasteiger partial charge in [0.15, 0.2) is 0 Å². The molecule has 132 valence electrons. The van der Waals surface area contributed by atoms with Crippen LogP contribution in [-0.4, -0.2) is 33.7 Å². The Hall–Kier alpha value is -2.41. The van der Waals surface area contributed by atoms with Crippen LogP contribution in [0.4, 0.5) is 15.8 Å². The number of halogens is 1. The first kappa shape index (κ1) is 17.4. The number of carbonyl (C=O) groups excluding carboxylic acids is 1. The lowest BCUT2D eigenvalue weighted by Gasteiger charge is -2.24. The minimum atomic E-state index is -3.57. The maximum absolute atomic E-state index is 13.1. The van der Waals surface area contributed by atoms with Crippen molar-refractivity contribution >= 4 is 27.3 Å². The summed E-state index contributed by atoms with van der Waals surface area (Å²) in [6.07, 6.45) is 1.93. The minimum Gasteiger partial charge on any atom is -0.312 e. The zero-order valence-electron chi connectivity index (χ0n) is 13.9. The lowest BCUT2D eigenvalue weighted by molar-refractivity contribution is -0.118. The third kappa shape index (κ3) is 3.82. The van der Waals surface area contributed by atoms with E-state index in [1.807, 2.05) is 24.3 Å². The molecule has 0 unspecified atom stereocenters. The van der Waals surface area contributed by atoms with Crippen molar-refractivity contribution in [3.63, 3.8) is 0 Å². The van der Waals surface area contributed by atoms with E-state index in [4.69, 9.17) is 0 Å². The molecule has 0 bridgehead atoms. The predicted octanol–water partition coefficient (Wildman–Crippen LogP) is 2.57. The molecule has 7 heteroatoms. The van der Waals surface area contributed by atoms with Crippen LogP contribution in [0.1, 0.15) is 12.0 Å². The fraction of sp³-hybridized carbons (Fsp3) is 0.278. The zero-order valence-corrected chi connectivity index (χ0v) is 14.7. The van der Waals surface area contributed by atoms with Crippen LogP contribution in [0.2, 0.25) is 0 Å². The van der Waals surface area contributed by atoms with Crippen molar-refractivity contribution in [3.05, 3.63) is 59.9 Å². The van der Waals surface area contributed by atoms with E-state index < -0.39 is 15.8 Å². The first-order valence-corrected chi connectivity index (χ1v) is 9.82. The van der Waals surface area contributed by atoms with E-state index in [9.17, 15) is 17.6 Å². The van der Waals surface area contributed by atoms with Crippen LogP contribution in [0.5, 0.6) is 0 Å². The molecule has 0 saturated carbocycles. The van der Waals surface area contributed by atoms with E-state index in [1.54, 1.807) is 4.90 Å². The van der Waals surface area contributed by atoms with Gasteiger partial charge < -0.3 is 4.90 Å². The number of hydrogen-bond donors (Lipinski definition) is 0. The summed E-state index contributed by atoms with van der Waals surface area (Å²) in [4.78, 5) is 14.3. The molecule has 0 aromatic heterocycles. The van der Waals surface area contributed by atoms with Crippen LogP contribution in [0.3, 0.4) is 0 Å².